The fourth-order valence-electron chi connectivity index (χ4n) is 2.57. The molecule has 95 valence electrons. The van der Waals surface area contributed by atoms with Crippen molar-refractivity contribution in [3.05, 3.63) is 58.7 Å². The first-order valence-corrected chi connectivity index (χ1v) is 8.32. The fraction of sp³-hybridized carbons (Fsp3) is 0.353. The summed E-state index contributed by atoms with van der Waals surface area (Å²) in [6, 6.07) is 6.97. The first kappa shape index (κ1) is 13.4. The summed E-state index contributed by atoms with van der Waals surface area (Å²) in [6.45, 7) is 8.97. The zero-order valence-electron chi connectivity index (χ0n) is 12.0. The van der Waals surface area contributed by atoms with Crippen molar-refractivity contribution in [1.29, 1.82) is 0 Å². The Morgan fingerprint density at radius 3 is 2.33 bits per heavy atom. The van der Waals surface area contributed by atoms with Gasteiger partial charge < -0.3 is 0 Å². The van der Waals surface area contributed by atoms with Crippen molar-refractivity contribution in [2.75, 3.05) is 0 Å². The summed E-state index contributed by atoms with van der Waals surface area (Å²) in [4.78, 5) is 0. The molecular weight excluding hydrogens is 232 g/mol. The number of hydrogen-bond donors (Lipinski definition) is 0. The highest BCUT2D eigenvalue weighted by molar-refractivity contribution is 6.61. The van der Waals surface area contributed by atoms with Gasteiger partial charge in [-0.1, -0.05) is 66.6 Å². The van der Waals surface area contributed by atoms with E-state index in [1.165, 1.54) is 23.1 Å². The second kappa shape index (κ2) is 5.70. The minimum Gasteiger partial charge on any atom is -0.0764 e. The SMILES string of the molecule is CCC(C)C1=C[C]([SiH2]c2cc(C)cc(C)c2)C=C1. The molecule has 0 amide bonds. The van der Waals surface area contributed by atoms with Crippen LogP contribution in [0.5, 0.6) is 0 Å². The van der Waals surface area contributed by atoms with Gasteiger partial charge in [0.2, 0.25) is 0 Å². The van der Waals surface area contributed by atoms with Crippen molar-refractivity contribution in [2.24, 2.45) is 5.92 Å². The van der Waals surface area contributed by atoms with E-state index in [0.717, 1.165) is 0 Å². The number of allylic oxidation sites excluding steroid dienone is 4. The normalized spacial score (nSPS) is 17.7. The lowest BCUT2D eigenvalue weighted by Crippen LogP contribution is -2.19. The van der Waals surface area contributed by atoms with Gasteiger partial charge >= 0.3 is 0 Å². The van der Waals surface area contributed by atoms with Crippen molar-refractivity contribution in [2.45, 2.75) is 34.1 Å². The molecule has 1 aromatic rings. The smallest absolute Gasteiger partial charge is 0.0713 e. The molecule has 0 fully saturated rings. The van der Waals surface area contributed by atoms with Crippen LogP contribution in [0.1, 0.15) is 31.4 Å². The zero-order valence-corrected chi connectivity index (χ0v) is 13.4. The summed E-state index contributed by atoms with van der Waals surface area (Å²) >= 11 is 0. The molecule has 1 aromatic carbocycles. The number of rotatable bonds is 4. The Morgan fingerprint density at radius 1 is 1.06 bits per heavy atom. The number of hydrogen-bond acceptors (Lipinski definition) is 0. The molecule has 0 saturated carbocycles. The van der Waals surface area contributed by atoms with Crippen LogP contribution in [0.4, 0.5) is 0 Å². The van der Waals surface area contributed by atoms with Crippen molar-refractivity contribution >= 4 is 14.7 Å². The van der Waals surface area contributed by atoms with Crippen LogP contribution in [0.15, 0.2) is 42.0 Å². The van der Waals surface area contributed by atoms with E-state index in [2.05, 4.69) is 64.1 Å². The van der Waals surface area contributed by atoms with E-state index < -0.39 is 0 Å². The van der Waals surface area contributed by atoms with Gasteiger partial charge in [-0.3, -0.25) is 0 Å². The maximum Gasteiger partial charge on any atom is 0.0713 e. The topological polar surface area (TPSA) is 0 Å². The third kappa shape index (κ3) is 3.23. The molecule has 0 aliphatic heterocycles. The fourth-order valence-corrected chi connectivity index (χ4v) is 4.47. The Kier molecular flexibility index (Phi) is 4.23. The predicted molar refractivity (Wildman–Crippen MR) is 84.0 cm³/mol. The molecule has 1 aliphatic carbocycles. The lowest BCUT2D eigenvalue weighted by atomic mass is 10.0. The molecule has 0 nitrogen and oxygen atoms in total. The Balaban J connectivity index is 2.08. The van der Waals surface area contributed by atoms with E-state index in [0.29, 0.717) is 5.92 Å². The van der Waals surface area contributed by atoms with E-state index in [9.17, 15) is 0 Å². The third-order valence-corrected chi connectivity index (χ3v) is 5.38. The average molecular weight is 255 g/mol. The molecular formula is C17H23Si. The largest absolute Gasteiger partial charge is 0.0764 e. The summed E-state index contributed by atoms with van der Waals surface area (Å²) in [5.74, 6) is 0.701. The molecule has 0 N–H and O–H groups in total. The molecule has 2 rings (SSSR count). The van der Waals surface area contributed by atoms with Crippen LogP contribution in [0.25, 0.3) is 0 Å². The highest BCUT2D eigenvalue weighted by atomic mass is 28.2. The number of benzene rings is 1. The lowest BCUT2D eigenvalue weighted by Gasteiger charge is -2.09. The molecule has 1 aliphatic rings. The first-order valence-electron chi connectivity index (χ1n) is 6.91. The molecule has 0 aromatic heterocycles. The molecule has 0 heterocycles. The van der Waals surface area contributed by atoms with Crippen molar-refractivity contribution in [3.63, 3.8) is 0 Å². The van der Waals surface area contributed by atoms with Crippen LogP contribution in [0.3, 0.4) is 0 Å². The van der Waals surface area contributed by atoms with E-state index in [4.69, 9.17) is 0 Å². The van der Waals surface area contributed by atoms with E-state index in [1.54, 1.807) is 10.7 Å². The zero-order chi connectivity index (χ0) is 13.1. The highest BCUT2D eigenvalue weighted by Crippen LogP contribution is 2.25. The average Bonchev–Trinajstić information content (AvgIpc) is 2.75. The minimum atomic E-state index is -0.296. The van der Waals surface area contributed by atoms with Gasteiger partial charge in [-0.05, 0) is 31.8 Å². The Hall–Kier alpha value is -1.08. The number of aryl methyl sites for hydroxylation is 2. The molecule has 0 spiro atoms. The van der Waals surface area contributed by atoms with Crippen LogP contribution in [0, 0.1) is 25.3 Å². The van der Waals surface area contributed by atoms with Gasteiger partial charge in [0.15, 0.2) is 0 Å². The monoisotopic (exact) mass is 255 g/mol. The van der Waals surface area contributed by atoms with Gasteiger partial charge in [-0.15, -0.1) is 0 Å². The Morgan fingerprint density at radius 2 is 1.72 bits per heavy atom. The summed E-state index contributed by atoms with van der Waals surface area (Å²) in [5, 5.41) is 1.56. The van der Waals surface area contributed by atoms with Crippen LogP contribution < -0.4 is 5.19 Å². The van der Waals surface area contributed by atoms with Gasteiger partial charge in [0.05, 0.1) is 9.52 Å². The molecule has 0 saturated heterocycles. The van der Waals surface area contributed by atoms with Crippen LogP contribution in [-0.4, -0.2) is 9.52 Å². The summed E-state index contributed by atoms with van der Waals surface area (Å²) in [5.41, 5.74) is 5.89. The Bertz CT molecular complexity index is 462. The van der Waals surface area contributed by atoms with Crippen molar-refractivity contribution in [3.8, 4) is 0 Å². The third-order valence-electron chi connectivity index (χ3n) is 3.71. The quantitative estimate of drug-likeness (QED) is 0.725. The standard InChI is InChI=1S/C17H23Si/c1-5-14(4)15-6-7-16(11-15)18-17-9-12(2)8-13(3)10-17/h6-11,14H,5,18H2,1-4H3. The van der Waals surface area contributed by atoms with Crippen molar-refractivity contribution < 1.29 is 0 Å². The first-order chi connectivity index (χ1) is 8.58. The molecule has 0 bridgehead atoms. The summed E-state index contributed by atoms with van der Waals surface area (Å²) < 4.78 is 0. The van der Waals surface area contributed by atoms with Gasteiger partial charge in [-0.2, -0.15) is 0 Å². The van der Waals surface area contributed by atoms with Gasteiger partial charge in [0.25, 0.3) is 0 Å². The maximum absolute atomic E-state index is 2.43. The summed E-state index contributed by atoms with van der Waals surface area (Å²) in [6.07, 6.45) is 8.32. The molecule has 18 heavy (non-hydrogen) atoms. The Labute approximate surface area is 114 Å². The molecule has 1 unspecified atom stereocenters. The van der Waals surface area contributed by atoms with Gasteiger partial charge in [0, 0.05) is 5.54 Å². The van der Waals surface area contributed by atoms with Crippen LogP contribution in [0.2, 0.25) is 0 Å². The second-order valence-electron chi connectivity index (χ2n) is 5.53. The molecule has 1 radical (unpaired) electrons. The van der Waals surface area contributed by atoms with E-state index in [-0.39, 0.29) is 9.52 Å². The predicted octanol–water partition coefficient (Wildman–Crippen LogP) is 3.17. The lowest BCUT2D eigenvalue weighted by molar-refractivity contribution is 0.672. The van der Waals surface area contributed by atoms with E-state index >= 15 is 0 Å². The maximum atomic E-state index is 2.43. The van der Waals surface area contributed by atoms with Crippen LogP contribution in [-0.2, 0) is 0 Å². The van der Waals surface area contributed by atoms with Crippen molar-refractivity contribution in [1.82, 2.24) is 0 Å². The van der Waals surface area contributed by atoms with Crippen LogP contribution >= 0.6 is 0 Å². The van der Waals surface area contributed by atoms with E-state index in [1.807, 2.05) is 0 Å². The summed E-state index contributed by atoms with van der Waals surface area (Å²) in [7, 11) is -0.296. The molecule has 1 heteroatoms. The second-order valence-corrected chi connectivity index (χ2v) is 7.52. The minimum absolute atomic E-state index is 0.296. The highest BCUT2D eigenvalue weighted by Gasteiger charge is 2.14. The molecule has 1 atom stereocenters. The van der Waals surface area contributed by atoms with Gasteiger partial charge in [0.1, 0.15) is 0 Å². The van der Waals surface area contributed by atoms with Gasteiger partial charge in [-0.25, -0.2) is 0 Å².